The number of nitrogens with one attached hydrogen (secondary N) is 1. The number of Topliss-reactive ketones (excluding diaryl/α,β-unsaturated/α-hetero) is 1. The molecule has 0 aliphatic carbocycles. The number of hydrogen-bond acceptors (Lipinski definition) is 7. The van der Waals surface area contributed by atoms with E-state index in [-0.39, 0.29) is 30.1 Å². The van der Waals surface area contributed by atoms with Crippen molar-refractivity contribution in [2.45, 2.75) is 58.0 Å². The van der Waals surface area contributed by atoms with E-state index in [1.165, 1.54) is 43.7 Å². The summed E-state index contributed by atoms with van der Waals surface area (Å²) in [7, 11) is 1.25. The fraction of sp³-hybridized carbons (Fsp3) is 0.400. The Balaban J connectivity index is 2.05. The first-order chi connectivity index (χ1) is 16.9. The van der Waals surface area contributed by atoms with Crippen LogP contribution in [0.1, 0.15) is 71.3 Å². The number of ketones is 1. The Kier molecular flexibility index (Phi) is 10.5. The molecule has 0 aliphatic rings. The minimum absolute atomic E-state index is 0.0224. The summed E-state index contributed by atoms with van der Waals surface area (Å²) in [6, 6.07) is 4.63. The zero-order chi connectivity index (χ0) is 26.9. The average molecular weight is 528 g/mol. The van der Waals surface area contributed by atoms with Crippen LogP contribution in [0.5, 0.6) is 5.75 Å². The number of methoxy groups -OCH3 is 1. The Morgan fingerprint density at radius 1 is 1.31 bits per heavy atom. The zero-order valence-corrected chi connectivity index (χ0v) is 20.9. The van der Waals surface area contributed by atoms with Crippen LogP contribution in [0.4, 0.5) is 18.0 Å². The summed E-state index contributed by atoms with van der Waals surface area (Å²) in [5, 5.41) is 12.8. The molecule has 1 unspecified atom stereocenters. The van der Waals surface area contributed by atoms with Gasteiger partial charge in [-0.15, -0.1) is 11.3 Å². The average Bonchev–Trinajstić information content (AvgIpc) is 3.23. The monoisotopic (exact) mass is 527 g/mol. The summed E-state index contributed by atoms with van der Waals surface area (Å²) in [6.07, 6.45) is 0.323. The first kappa shape index (κ1) is 28.9. The van der Waals surface area contributed by atoms with Gasteiger partial charge in [-0.05, 0) is 56.4 Å². The molecule has 0 spiro atoms. The number of halogens is 3. The molecular weight excluding hydrogens is 499 g/mol. The van der Waals surface area contributed by atoms with Gasteiger partial charge >= 0.3 is 17.9 Å². The molecule has 1 atom stereocenters. The lowest BCUT2D eigenvalue weighted by Gasteiger charge is -2.11. The molecule has 0 saturated carbocycles. The summed E-state index contributed by atoms with van der Waals surface area (Å²) in [5.74, 6) is -1.24. The largest absolute Gasteiger partial charge is 0.507 e. The Hall–Kier alpha value is -3.34. The van der Waals surface area contributed by atoms with Crippen LogP contribution < -0.4 is 10.9 Å². The summed E-state index contributed by atoms with van der Waals surface area (Å²) in [6.45, 7) is 3.27. The zero-order valence-electron chi connectivity index (χ0n) is 20.1. The SMILES string of the molecule is COC(=O)N/C=C/CCC(C)c1cc(O)c(C(=O)C(C)=Cc2ccc(CCCC(F)(F)F)s2)c(=O)o1. The highest BCUT2D eigenvalue weighted by atomic mass is 32.1. The quantitative estimate of drug-likeness (QED) is 0.261. The first-order valence-corrected chi connectivity index (χ1v) is 12.0. The van der Waals surface area contributed by atoms with E-state index in [1.54, 1.807) is 25.1 Å². The lowest BCUT2D eigenvalue weighted by Crippen LogP contribution is -2.16. The van der Waals surface area contributed by atoms with Crippen LogP contribution >= 0.6 is 11.3 Å². The number of aromatic hydroxyl groups is 1. The Bertz CT molecular complexity index is 1180. The van der Waals surface area contributed by atoms with Crippen molar-refractivity contribution >= 4 is 29.3 Å². The molecule has 0 aromatic carbocycles. The number of allylic oxidation sites excluding steroid dienone is 2. The maximum atomic E-state index is 12.8. The molecule has 0 radical (unpaired) electrons. The number of rotatable bonds is 11. The van der Waals surface area contributed by atoms with Crippen molar-refractivity contribution in [3.8, 4) is 5.75 Å². The number of thiophene rings is 1. The molecule has 1 amide bonds. The van der Waals surface area contributed by atoms with Crippen molar-refractivity contribution in [2.24, 2.45) is 0 Å². The van der Waals surface area contributed by atoms with Gasteiger partial charge in [0.1, 0.15) is 17.1 Å². The minimum atomic E-state index is -4.19. The lowest BCUT2D eigenvalue weighted by atomic mass is 10.00. The smallest absolute Gasteiger partial charge is 0.410 e. The van der Waals surface area contributed by atoms with Crippen LogP contribution in [-0.2, 0) is 11.2 Å². The van der Waals surface area contributed by atoms with Crippen LogP contribution in [0.25, 0.3) is 6.08 Å². The maximum absolute atomic E-state index is 12.8. The van der Waals surface area contributed by atoms with E-state index in [2.05, 4.69) is 10.1 Å². The van der Waals surface area contributed by atoms with Crippen LogP contribution in [-0.4, -0.2) is 30.3 Å². The molecule has 196 valence electrons. The predicted octanol–water partition coefficient (Wildman–Crippen LogP) is 6.33. The Morgan fingerprint density at radius 2 is 2.03 bits per heavy atom. The number of aryl methyl sites for hydroxylation is 1. The van der Waals surface area contributed by atoms with Gasteiger partial charge in [0.15, 0.2) is 5.78 Å². The third kappa shape index (κ3) is 9.03. The molecule has 7 nitrogen and oxygen atoms in total. The van der Waals surface area contributed by atoms with Gasteiger partial charge in [0.05, 0.1) is 7.11 Å². The molecular formula is C25H28F3NO6S. The highest BCUT2D eigenvalue weighted by Gasteiger charge is 2.26. The highest BCUT2D eigenvalue weighted by molar-refractivity contribution is 7.12. The number of hydrogen-bond donors (Lipinski definition) is 2. The number of ether oxygens (including phenoxy) is 1. The molecule has 36 heavy (non-hydrogen) atoms. The van der Waals surface area contributed by atoms with Gasteiger partial charge in [-0.3, -0.25) is 10.1 Å². The van der Waals surface area contributed by atoms with Crippen molar-refractivity contribution in [1.82, 2.24) is 5.32 Å². The third-order valence-corrected chi connectivity index (χ3v) is 6.31. The number of carbonyl (C=O) groups is 2. The van der Waals surface area contributed by atoms with Crippen molar-refractivity contribution in [1.29, 1.82) is 0 Å². The van der Waals surface area contributed by atoms with Crippen molar-refractivity contribution < 1.29 is 37.0 Å². The second-order valence-electron chi connectivity index (χ2n) is 8.14. The molecule has 11 heteroatoms. The second kappa shape index (κ2) is 13.1. The first-order valence-electron chi connectivity index (χ1n) is 11.2. The standard InChI is InChI=1S/C25H28F3NO6S/c1-15(7-4-5-12-29-24(33)34-3)20-14-19(30)21(23(32)35-20)22(31)16(2)13-18-10-9-17(36-18)8-6-11-25(26,27)28/h5,9-10,12-15,30H,4,6-8,11H2,1-3H3,(H,29,33)/b12-5+,16-13?. The summed E-state index contributed by atoms with van der Waals surface area (Å²) >= 11 is 1.26. The Morgan fingerprint density at radius 3 is 2.67 bits per heavy atom. The van der Waals surface area contributed by atoms with Crippen LogP contribution in [0.3, 0.4) is 0 Å². The van der Waals surface area contributed by atoms with E-state index in [4.69, 9.17) is 4.42 Å². The molecule has 2 N–H and O–H groups in total. The van der Waals surface area contributed by atoms with Gasteiger partial charge in [-0.25, -0.2) is 9.59 Å². The fourth-order valence-electron chi connectivity index (χ4n) is 3.25. The van der Waals surface area contributed by atoms with E-state index < -0.39 is 41.4 Å². The van der Waals surface area contributed by atoms with E-state index in [0.717, 1.165) is 4.88 Å². The third-order valence-electron chi connectivity index (χ3n) is 5.22. The van der Waals surface area contributed by atoms with Crippen LogP contribution in [0, 0.1) is 0 Å². The van der Waals surface area contributed by atoms with Crippen LogP contribution in [0.2, 0.25) is 0 Å². The molecule has 0 aliphatic heterocycles. The normalized spacial score (nSPS) is 13.1. The van der Waals surface area contributed by atoms with E-state index in [1.807, 2.05) is 0 Å². The van der Waals surface area contributed by atoms with Crippen molar-refractivity contribution in [2.75, 3.05) is 7.11 Å². The molecule has 2 aromatic rings. The van der Waals surface area contributed by atoms with Gasteiger partial charge in [-0.1, -0.05) is 13.0 Å². The fourth-order valence-corrected chi connectivity index (χ4v) is 4.31. The summed E-state index contributed by atoms with van der Waals surface area (Å²) in [5.41, 5.74) is -1.27. The number of alkyl carbamates (subject to hydrolysis) is 1. The number of alkyl halides is 3. The molecule has 2 rings (SSSR count). The molecule has 2 aromatic heterocycles. The lowest BCUT2D eigenvalue weighted by molar-refractivity contribution is -0.135. The molecule has 0 bridgehead atoms. The number of carbonyl (C=O) groups excluding carboxylic acids is 2. The summed E-state index contributed by atoms with van der Waals surface area (Å²) < 4.78 is 46.7. The van der Waals surface area contributed by atoms with Crippen molar-refractivity contribution in [3.63, 3.8) is 0 Å². The van der Waals surface area contributed by atoms with Crippen molar-refractivity contribution in [3.05, 3.63) is 67.5 Å². The molecule has 0 saturated heterocycles. The summed E-state index contributed by atoms with van der Waals surface area (Å²) in [4.78, 5) is 37.7. The van der Waals surface area contributed by atoms with Gasteiger partial charge in [0, 0.05) is 34.4 Å². The highest BCUT2D eigenvalue weighted by Crippen LogP contribution is 2.28. The van der Waals surface area contributed by atoms with Gasteiger partial charge < -0.3 is 14.3 Å². The minimum Gasteiger partial charge on any atom is -0.507 e. The van der Waals surface area contributed by atoms with Gasteiger partial charge in [0.2, 0.25) is 0 Å². The maximum Gasteiger partial charge on any atom is 0.410 e. The van der Waals surface area contributed by atoms with E-state index in [0.29, 0.717) is 17.7 Å². The number of amides is 1. The van der Waals surface area contributed by atoms with Gasteiger partial charge in [0.25, 0.3) is 0 Å². The Labute approximate surface area is 210 Å². The predicted molar refractivity (Wildman–Crippen MR) is 130 cm³/mol. The molecule has 2 heterocycles. The second-order valence-corrected chi connectivity index (χ2v) is 9.34. The molecule has 0 fully saturated rings. The van der Waals surface area contributed by atoms with E-state index in [9.17, 15) is 32.7 Å². The van der Waals surface area contributed by atoms with Crippen LogP contribution in [0.15, 0.2) is 45.3 Å². The van der Waals surface area contributed by atoms with Gasteiger partial charge in [-0.2, -0.15) is 13.2 Å². The topological polar surface area (TPSA) is 106 Å². The van der Waals surface area contributed by atoms with E-state index >= 15 is 0 Å².